The molecule has 10 heavy (non-hydrogen) atoms. The van der Waals surface area contributed by atoms with Crippen molar-refractivity contribution in [3.05, 3.63) is 0 Å². The first kappa shape index (κ1) is 23.1. The van der Waals surface area contributed by atoms with Crippen molar-refractivity contribution in [1.82, 2.24) is 0 Å². The van der Waals surface area contributed by atoms with E-state index in [2.05, 4.69) is 0 Å². The van der Waals surface area contributed by atoms with Gasteiger partial charge in [-0.1, -0.05) is 0 Å². The summed E-state index contributed by atoms with van der Waals surface area (Å²) in [5.41, 5.74) is 0. The van der Waals surface area contributed by atoms with E-state index < -0.39 is 22.7 Å². The second-order valence-electron chi connectivity index (χ2n) is 0.434. The Hall–Kier alpha value is 3.04. The summed E-state index contributed by atoms with van der Waals surface area (Å²) >= 11 is -5.72. The molecule has 2 N–H and O–H groups in total. The molecule has 0 aliphatic carbocycles. The Morgan fingerprint density at radius 3 is 1.00 bits per heavy atom. The first-order chi connectivity index (χ1) is 3.46. The van der Waals surface area contributed by atoms with Crippen LogP contribution in [0.2, 0.25) is 0 Å². The Morgan fingerprint density at radius 2 is 1.00 bits per heavy atom. The summed E-state index contributed by atoms with van der Waals surface area (Å²) in [4.78, 5) is 0. The van der Waals surface area contributed by atoms with Crippen LogP contribution in [0.25, 0.3) is 0 Å². The maximum Gasteiger partial charge on any atom is 2.00 e. The van der Waals surface area contributed by atoms with Gasteiger partial charge >= 0.3 is 89.1 Å². The predicted octanol–water partition coefficient (Wildman–Crippen LogP) is -4.70. The molecule has 0 saturated carbocycles. The zero-order chi connectivity index (χ0) is 7.15. The van der Waals surface area contributed by atoms with Gasteiger partial charge in [0, 0.05) is 0 Å². The fourth-order valence-electron chi connectivity index (χ4n) is 0. The van der Waals surface area contributed by atoms with E-state index in [9.17, 15) is 0 Å². The minimum Gasteiger partial charge on any atom is -0.750 e. The van der Waals surface area contributed by atoms with E-state index in [1.165, 1.54) is 0 Å². The van der Waals surface area contributed by atoms with E-state index in [-0.39, 0.29) is 89.1 Å². The van der Waals surface area contributed by atoms with Crippen molar-refractivity contribution in [3.63, 3.8) is 0 Å². The van der Waals surface area contributed by atoms with E-state index >= 15 is 0 Å². The standard InChI is InChI=1S/Ca.K.2H2O3S/c;;2*1-4(2)3/h;;2*(H2,1,2,3)/q+2;+1;;/p-2. The summed E-state index contributed by atoms with van der Waals surface area (Å²) < 4.78 is 48.2. The van der Waals surface area contributed by atoms with Gasteiger partial charge in [0.1, 0.15) is 0 Å². The van der Waals surface area contributed by atoms with Gasteiger partial charge in [0.15, 0.2) is 0 Å². The van der Waals surface area contributed by atoms with Crippen LogP contribution in [-0.4, -0.2) is 64.4 Å². The molecule has 52 valence electrons. The molecule has 0 fully saturated rings. The van der Waals surface area contributed by atoms with Crippen LogP contribution in [0.15, 0.2) is 0 Å². The zero-order valence-corrected chi connectivity index (χ0v) is 12.0. The van der Waals surface area contributed by atoms with Crippen LogP contribution >= 0.6 is 0 Å². The van der Waals surface area contributed by atoms with Gasteiger partial charge in [0.2, 0.25) is 0 Å². The Labute approximate surface area is 135 Å². The number of hydrogen-bond donors (Lipinski definition) is 2. The Bertz CT molecular complexity index is 73.7. The van der Waals surface area contributed by atoms with Gasteiger partial charge in [-0.15, -0.1) is 0 Å². The molecular formula is H2CaKO6S2+. The van der Waals surface area contributed by atoms with E-state index in [4.69, 9.17) is 26.6 Å². The van der Waals surface area contributed by atoms with Gasteiger partial charge in [-0.2, -0.15) is 0 Å². The largest absolute Gasteiger partial charge is 2.00 e. The molecule has 0 aliphatic rings. The van der Waals surface area contributed by atoms with Crippen molar-refractivity contribution in [1.29, 1.82) is 0 Å². The maximum absolute atomic E-state index is 8.56. The second kappa shape index (κ2) is 18.0. The molecule has 0 amide bonds. The molecular weight excluding hydrogens is 239 g/mol. The summed E-state index contributed by atoms with van der Waals surface area (Å²) in [6.07, 6.45) is 0. The molecule has 0 aliphatic heterocycles. The molecule has 6 nitrogen and oxygen atoms in total. The molecule has 0 spiro atoms. The normalized spacial score (nSPS) is 12.4. The van der Waals surface area contributed by atoms with Crippen molar-refractivity contribution in [2.75, 3.05) is 0 Å². The molecule has 2 unspecified atom stereocenters. The molecule has 0 aromatic rings. The summed E-state index contributed by atoms with van der Waals surface area (Å²) in [6, 6.07) is 0. The third-order valence-electron chi connectivity index (χ3n) is 0. The molecule has 0 heterocycles. The van der Waals surface area contributed by atoms with Crippen LogP contribution in [0.4, 0.5) is 0 Å². The van der Waals surface area contributed by atoms with Crippen molar-refractivity contribution in [2.24, 2.45) is 0 Å². The third-order valence-corrected chi connectivity index (χ3v) is 0. The smallest absolute Gasteiger partial charge is 0.750 e. The Kier molecular flexibility index (Phi) is 41.5. The summed E-state index contributed by atoms with van der Waals surface area (Å²) in [7, 11) is 0. The quantitative estimate of drug-likeness (QED) is 0.325. The summed E-state index contributed by atoms with van der Waals surface area (Å²) in [5.74, 6) is 0. The molecule has 2 atom stereocenters. The van der Waals surface area contributed by atoms with E-state index in [1.807, 2.05) is 0 Å². The molecule has 0 aromatic heterocycles. The summed E-state index contributed by atoms with van der Waals surface area (Å²) in [5, 5.41) is 0. The fourth-order valence-corrected chi connectivity index (χ4v) is 0. The van der Waals surface area contributed by atoms with Crippen molar-refractivity contribution < 1.29 is 78.0 Å². The topological polar surface area (TPSA) is 121 Å². The van der Waals surface area contributed by atoms with Crippen molar-refractivity contribution >= 4 is 60.5 Å². The van der Waals surface area contributed by atoms with Gasteiger partial charge in [-0.05, 0) is 0 Å². The number of rotatable bonds is 0. The zero-order valence-electron chi connectivity index (χ0n) is 5.05. The Morgan fingerprint density at radius 1 is 1.00 bits per heavy atom. The molecule has 0 bridgehead atoms. The molecule has 0 saturated heterocycles. The van der Waals surface area contributed by atoms with Crippen molar-refractivity contribution in [2.45, 2.75) is 0 Å². The molecule has 10 heteroatoms. The van der Waals surface area contributed by atoms with E-state index in [1.54, 1.807) is 0 Å². The molecule has 0 rings (SSSR count). The van der Waals surface area contributed by atoms with Crippen LogP contribution in [-0.2, 0) is 22.7 Å². The average Bonchev–Trinajstić information content (AvgIpc) is 1.25. The van der Waals surface area contributed by atoms with Gasteiger partial charge in [-0.3, -0.25) is 0 Å². The van der Waals surface area contributed by atoms with Gasteiger partial charge < -0.3 is 18.2 Å². The summed E-state index contributed by atoms with van der Waals surface area (Å²) in [6.45, 7) is 0. The van der Waals surface area contributed by atoms with Crippen LogP contribution in [0, 0.1) is 0 Å². The van der Waals surface area contributed by atoms with Crippen molar-refractivity contribution in [3.8, 4) is 0 Å². The van der Waals surface area contributed by atoms with Gasteiger partial charge in [0.25, 0.3) is 0 Å². The first-order valence-corrected chi connectivity index (χ1v) is 3.10. The van der Waals surface area contributed by atoms with Crippen LogP contribution < -0.4 is 51.4 Å². The maximum atomic E-state index is 8.56. The SMILES string of the molecule is O=S([O-])O.O=S([O-])O.[Ca+2].[K+]. The minimum absolute atomic E-state index is 0. The average molecular weight is 241 g/mol. The van der Waals surface area contributed by atoms with E-state index in [0.29, 0.717) is 0 Å². The molecule has 0 radical (unpaired) electrons. The van der Waals surface area contributed by atoms with Gasteiger partial charge in [-0.25, -0.2) is 8.42 Å². The fraction of sp³-hybridized carbons (Fsp3) is 0. The predicted molar refractivity (Wildman–Crippen MR) is 28.9 cm³/mol. The molecule has 0 aromatic carbocycles. The van der Waals surface area contributed by atoms with Crippen LogP contribution in [0.3, 0.4) is 0 Å². The van der Waals surface area contributed by atoms with Crippen LogP contribution in [0.5, 0.6) is 0 Å². The number of hydrogen-bond acceptors (Lipinski definition) is 4. The minimum atomic E-state index is -2.86. The Balaban J connectivity index is -0.0000000300. The van der Waals surface area contributed by atoms with Gasteiger partial charge in [0.05, 0.1) is 22.7 Å². The second-order valence-corrected chi connectivity index (χ2v) is 1.30. The van der Waals surface area contributed by atoms with Crippen LogP contribution in [0.1, 0.15) is 0 Å². The van der Waals surface area contributed by atoms with E-state index in [0.717, 1.165) is 0 Å². The third kappa shape index (κ3) is 121. The first-order valence-electron chi connectivity index (χ1n) is 1.03. The monoisotopic (exact) mass is 241 g/mol.